The largest absolute Gasteiger partial charge is 0.456 e. The quantitative estimate of drug-likeness (QED) is 0.176. The van der Waals surface area contributed by atoms with Gasteiger partial charge in [-0.05, 0) is 65.2 Å². The number of benzene rings is 7. The molecule has 57 heavy (non-hydrogen) atoms. The van der Waals surface area contributed by atoms with Gasteiger partial charge in [-0.15, -0.1) is 0 Å². The molecule has 3 aromatic heterocycles. The van der Waals surface area contributed by atoms with Gasteiger partial charge >= 0.3 is 0 Å². The van der Waals surface area contributed by atoms with Crippen molar-refractivity contribution < 1.29 is 4.42 Å². The third kappa shape index (κ3) is 5.46. The Morgan fingerprint density at radius 2 is 1.18 bits per heavy atom. The maximum Gasteiger partial charge on any atom is 0.238 e. The van der Waals surface area contributed by atoms with Crippen LogP contribution in [0.15, 0.2) is 199 Å². The molecule has 0 aliphatic carbocycles. The topological polar surface area (TPSA) is 60.0 Å². The molecular formula is C51H33N5O. The summed E-state index contributed by atoms with van der Waals surface area (Å²) in [5.41, 5.74) is 11.6. The highest BCUT2D eigenvalue weighted by Gasteiger charge is 2.22. The smallest absolute Gasteiger partial charge is 0.238 e. The molecule has 11 rings (SSSR count). The molecule has 0 unspecified atom stereocenters. The van der Waals surface area contributed by atoms with E-state index in [1.807, 2.05) is 42.5 Å². The summed E-state index contributed by atoms with van der Waals surface area (Å²) in [7, 11) is 0. The summed E-state index contributed by atoms with van der Waals surface area (Å²) in [6.45, 7) is 4.31. The second-order valence-corrected chi connectivity index (χ2v) is 14.2. The number of aromatic nitrogens is 4. The first-order valence-corrected chi connectivity index (χ1v) is 19.0. The minimum absolute atomic E-state index is 0.544. The minimum Gasteiger partial charge on any atom is -0.456 e. The third-order valence-electron chi connectivity index (χ3n) is 10.8. The van der Waals surface area contributed by atoms with E-state index in [-0.39, 0.29) is 0 Å². The predicted octanol–water partition coefficient (Wildman–Crippen LogP) is 13.1. The summed E-state index contributed by atoms with van der Waals surface area (Å²) in [6.07, 6.45) is 8.17. The van der Waals surface area contributed by atoms with E-state index in [1.54, 1.807) is 0 Å². The number of allylic oxidation sites excluding steroid dienone is 4. The van der Waals surface area contributed by atoms with Gasteiger partial charge in [0.1, 0.15) is 11.2 Å². The van der Waals surface area contributed by atoms with Crippen LogP contribution in [0.1, 0.15) is 5.56 Å². The zero-order valence-electron chi connectivity index (χ0n) is 30.7. The molecule has 10 aromatic rings. The number of rotatable bonds is 5. The first kappa shape index (κ1) is 32.6. The van der Waals surface area contributed by atoms with Gasteiger partial charge in [0.15, 0.2) is 11.6 Å². The van der Waals surface area contributed by atoms with Crippen molar-refractivity contribution >= 4 is 60.7 Å². The summed E-state index contributed by atoms with van der Waals surface area (Å²) in [6, 6.07) is 56.4. The fourth-order valence-electron chi connectivity index (χ4n) is 8.13. The van der Waals surface area contributed by atoms with Crippen LogP contribution in [0.4, 0.5) is 11.4 Å². The Hall–Kier alpha value is -7.83. The Bertz CT molecular complexity index is 3230. The molecule has 0 atom stereocenters. The van der Waals surface area contributed by atoms with Gasteiger partial charge < -0.3 is 9.32 Å². The highest BCUT2D eigenvalue weighted by atomic mass is 16.3. The maximum atomic E-state index is 6.65. The minimum atomic E-state index is 0.544. The van der Waals surface area contributed by atoms with Crippen LogP contribution in [0.2, 0.25) is 0 Å². The number of nitrogens with zero attached hydrogens (tertiary/aromatic N) is 5. The van der Waals surface area contributed by atoms with Gasteiger partial charge in [-0.2, -0.15) is 9.97 Å². The zero-order valence-corrected chi connectivity index (χ0v) is 30.7. The molecule has 7 aromatic carbocycles. The lowest BCUT2D eigenvalue weighted by molar-refractivity contribution is 0.669. The highest BCUT2D eigenvalue weighted by molar-refractivity contribution is 6.13. The monoisotopic (exact) mass is 731 g/mol. The Labute approximate surface area is 328 Å². The molecule has 0 radical (unpaired) electrons. The number of hydrogen-bond acceptors (Lipinski definition) is 5. The van der Waals surface area contributed by atoms with E-state index in [4.69, 9.17) is 19.4 Å². The van der Waals surface area contributed by atoms with Gasteiger partial charge in [0, 0.05) is 56.2 Å². The molecule has 0 spiro atoms. The Morgan fingerprint density at radius 3 is 2.02 bits per heavy atom. The maximum absolute atomic E-state index is 6.65. The van der Waals surface area contributed by atoms with Crippen molar-refractivity contribution in [1.82, 2.24) is 19.5 Å². The lowest BCUT2D eigenvalue weighted by atomic mass is 10.0. The molecule has 1 aliphatic heterocycles. The van der Waals surface area contributed by atoms with Crippen LogP contribution in [0.3, 0.4) is 0 Å². The Balaban J connectivity index is 1.12. The molecule has 0 fully saturated rings. The van der Waals surface area contributed by atoms with Gasteiger partial charge in [-0.3, -0.25) is 4.57 Å². The van der Waals surface area contributed by atoms with E-state index in [2.05, 4.69) is 162 Å². The summed E-state index contributed by atoms with van der Waals surface area (Å²) < 4.78 is 8.80. The molecule has 6 nitrogen and oxygen atoms in total. The van der Waals surface area contributed by atoms with Crippen LogP contribution >= 0.6 is 0 Å². The van der Waals surface area contributed by atoms with Gasteiger partial charge in [0.05, 0.1) is 16.7 Å². The molecule has 0 saturated carbocycles. The van der Waals surface area contributed by atoms with Crippen molar-refractivity contribution in [2.24, 2.45) is 0 Å². The molecular weight excluding hydrogens is 699 g/mol. The summed E-state index contributed by atoms with van der Waals surface area (Å²) in [5.74, 6) is 1.69. The number of para-hydroxylation sites is 3. The second-order valence-electron chi connectivity index (χ2n) is 14.2. The van der Waals surface area contributed by atoms with E-state index < -0.39 is 0 Å². The van der Waals surface area contributed by atoms with Gasteiger partial charge in [0.25, 0.3) is 0 Å². The van der Waals surface area contributed by atoms with E-state index in [1.165, 1.54) is 0 Å². The lowest BCUT2D eigenvalue weighted by Gasteiger charge is -2.24. The molecule has 0 saturated heterocycles. The Kier molecular flexibility index (Phi) is 7.54. The average molecular weight is 732 g/mol. The van der Waals surface area contributed by atoms with E-state index >= 15 is 0 Å². The van der Waals surface area contributed by atoms with Crippen molar-refractivity contribution in [3.63, 3.8) is 0 Å². The van der Waals surface area contributed by atoms with Crippen molar-refractivity contribution in [1.29, 1.82) is 0 Å². The molecule has 6 heteroatoms. The molecule has 0 N–H and O–H groups in total. The van der Waals surface area contributed by atoms with Crippen molar-refractivity contribution in [3.05, 3.63) is 200 Å². The molecule has 0 amide bonds. The van der Waals surface area contributed by atoms with Crippen LogP contribution in [0, 0.1) is 0 Å². The number of furan rings is 1. The summed E-state index contributed by atoms with van der Waals surface area (Å²) in [4.78, 5) is 18.0. The van der Waals surface area contributed by atoms with Crippen molar-refractivity contribution in [2.45, 2.75) is 0 Å². The van der Waals surface area contributed by atoms with E-state index in [0.717, 1.165) is 88.5 Å². The fraction of sp³-hybridized carbons (Fsp3) is 0. The molecule has 0 bridgehead atoms. The predicted molar refractivity (Wildman–Crippen MR) is 234 cm³/mol. The average Bonchev–Trinajstić information content (AvgIpc) is 3.81. The van der Waals surface area contributed by atoms with Gasteiger partial charge in [-0.1, -0.05) is 134 Å². The van der Waals surface area contributed by atoms with Crippen LogP contribution in [0.5, 0.6) is 0 Å². The number of anilines is 2. The first-order chi connectivity index (χ1) is 28.2. The number of hydrogen-bond donors (Lipinski definition) is 0. The van der Waals surface area contributed by atoms with E-state index in [0.29, 0.717) is 17.6 Å². The fourth-order valence-corrected chi connectivity index (χ4v) is 8.13. The second kappa shape index (κ2) is 13.2. The molecule has 1 aliphatic rings. The standard InChI is InChI=1S/C51H33N5O/c1-33-15-11-12-30-55(43-24-8-5-20-38(33)43)37-28-29-41-47(32-37)57-46-27-14-23-42(48(41)46)50-52-49(36-19-13-18-35(31-36)34-16-3-2-4-17-34)53-51(54-50)56-44-25-9-6-21-39(44)40-22-7-10-26-45(40)56/h2-32H,1H2/b15-11-,30-12-. The normalized spacial score (nSPS) is 13.9. The summed E-state index contributed by atoms with van der Waals surface area (Å²) in [5, 5.41) is 4.20. The van der Waals surface area contributed by atoms with Gasteiger partial charge in [0.2, 0.25) is 5.95 Å². The SMILES string of the molecule is C=C1/C=C\C=C/N(c2ccc3c(c2)oc2cccc(-c4nc(-c5cccc(-c6ccccc6)c5)nc(-n5c6ccccc6c6ccccc65)n4)c23)c2ccccc21. The number of fused-ring (bicyclic) bond motifs is 7. The summed E-state index contributed by atoms with van der Waals surface area (Å²) >= 11 is 0. The molecule has 268 valence electrons. The van der Waals surface area contributed by atoms with Crippen LogP contribution in [0.25, 0.3) is 89.2 Å². The van der Waals surface area contributed by atoms with Gasteiger partial charge in [-0.25, -0.2) is 4.98 Å². The highest BCUT2D eigenvalue weighted by Crippen LogP contribution is 2.41. The third-order valence-corrected chi connectivity index (χ3v) is 10.8. The van der Waals surface area contributed by atoms with Crippen LogP contribution in [-0.4, -0.2) is 19.5 Å². The van der Waals surface area contributed by atoms with Crippen molar-refractivity contribution in [3.8, 4) is 39.9 Å². The van der Waals surface area contributed by atoms with Crippen LogP contribution in [-0.2, 0) is 0 Å². The zero-order chi connectivity index (χ0) is 37.9. The first-order valence-electron chi connectivity index (χ1n) is 19.0. The molecule has 4 heterocycles. The van der Waals surface area contributed by atoms with Crippen molar-refractivity contribution in [2.75, 3.05) is 4.90 Å². The Morgan fingerprint density at radius 1 is 0.491 bits per heavy atom. The van der Waals surface area contributed by atoms with Crippen LogP contribution < -0.4 is 4.90 Å². The van der Waals surface area contributed by atoms with E-state index in [9.17, 15) is 0 Å². The lowest BCUT2D eigenvalue weighted by Crippen LogP contribution is -2.11.